The Hall–Kier alpha value is -2.23. The number of aliphatic hydroxyl groups excluding tert-OH is 2. The average Bonchev–Trinajstić information content (AvgIpc) is 3.46. The molecule has 1 aliphatic carbocycles. The van der Waals surface area contributed by atoms with Gasteiger partial charge in [-0.2, -0.15) is 0 Å². The SMILES string of the molecule is CC(C)(C)C[C@H]1N[C@@H](C(=O)NCCC2C[C@@H](O)[C@@H](O)C2)[C@H](c2cccc(Cl)c2)[C@@]12C(=O)Nc1cc(Cl)c(F)cc12. The Morgan fingerprint density at radius 3 is 2.50 bits per heavy atom. The van der Waals surface area contributed by atoms with Gasteiger partial charge in [-0.3, -0.25) is 9.59 Å². The molecule has 1 spiro atoms. The monoisotopic (exact) mass is 591 g/mol. The molecule has 3 aliphatic rings. The molecule has 7 nitrogen and oxygen atoms in total. The predicted molar refractivity (Wildman–Crippen MR) is 153 cm³/mol. The summed E-state index contributed by atoms with van der Waals surface area (Å²) in [7, 11) is 0. The van der Waals surface area contributed by atoms with Crippen LogP contribution in [-0.2, 0) is 15.0 Å². The fourth-order valence-electron chi connectivity index (χ4n) is 6.97. The van der Waals surface area contributed by atoms with Crippen LogP contribution in [0.3, 0.4) is 0 Å². The zero-order chi connectivity index (χ0) is 29.0. The first kappa shape index (κ1) is 29.3. The summed E-state index contributed by atoms with van der Waals surface area (Å²) in [5, 5.41) is 29.6. The predicted octanol–water partition coefficient (Wildman–Crippen LogP) is 4.52. The Balaban J connectivity index is 1.56. The van der Waals surface area contributed by atoms with Crippen molar-refractivity contribution in [1.82, 2.24) is 10.6 Å². The topological polar surface area (TPSA) is 111 Å². The van der Waals surface area contributed by atoms with E-state index in [0.717, 1.165) is 0 Å². The van der Waals surface area contributed by atoms with Gasteiger partial charge in [0.25, 0.3) is 0 Å². The van der Waals surface area contributed by atoms with E-state index in [0.29, 0.717) is 54.1 Å². The van der Waals surface area contributed by atoms with Gasteiger partial charge in [0.2, 0.25) is 11.8 Å². The normalized spacial score (nSPS) is 31.4. The maximum Gasteiger partial charge on any atom is 0.237 e. The zero-order valence-electron chi connectivity index (χ0n) is 22.8. The quantitative estimate of drug-likeness (QED) is 0.339. The van der Waals surface area contributed by atoms with E-state index in [9.17, 15) is 24.2 Å². The molecule has 2 aliphatic heterocycles. The summed E-state index contributed by atoms with van der Waals surface area (Å²) < 4.78 is 15.0. The number of amides is 2. The number of rotatable bonds is 6. The minimum atomic E-state index is -1.31. The standard InChI is InChI=1S/C30H36Cl2FN3O4/c1-29(2,3)14-24-30(18-12-20(33)19(32)13-21(18)35-28(30)40)25(16-5-4-6-17(31)11-16)26(36-24)27(39)34-8-7-15-9-22(37)23(38)10-15/h4-6,11-13,15,22-26,36-38H,7-10,14H2,1-3H3,(H,34,39)(H,35,40)/t15?,22-,23+,24-,25+,26-,30+/m1/s1. The van der Waals surface area contributed by atoms with E-state index in [4.69, 9.17) is 23.2 Å². The van der Waals surface area contributed by atoms with Gasteiger partial charge in [0.05, 0.1) is 23.3 Å². The highest BCUT2D eigenvalue weighted by atomic mass is 35.5. The molecule has 2 heterocycles. The highest BCUT2D eigenvalue weighted by Gasteiger charge is 2.65. The van der Waals surface area contributed by atoms with E-state index in [2.05, 4.69) is 36.7 Å². The first-order chi connectivity index (χ1) is 18.8. The maximum absolute atomic E-state index is 15.0. The third-order valence-electron chi connectivity index (χ3n) is 8.64. The van der Waals surface area contributed by atoms with Crippen molar-refractivity contribution >= 4 is 40.7 Å². The van der Waals surface area contributed by atoms with Gasteiger partial charge in [-0.25, -0.2) is 4.39 Å². The number of fused-ring (bicyclic) bond motifs is 2. The third-order valence-corrected chi connectivity index (χ3v) is 9.16. The van der Waals surface area contributed by atoms with Crippen LogP contribution in [0, 0.1) is 17.2 Å². The molecular weight excluding hydrogens is 556 g/mol. The lowest BCUT2D eigenvalue weighted by Gasteiger charge is -2.37. The molecule has 2 aromatic rings. The van der Waals surface area contributed by atoms with Gasteiger partial charge in [-0.15, -0.1) is 0 Å². The molecular formula is C30H36Cl2FN3O4. The van der Waals surface area contributed by atoms with Crippen LogP contribution in [0.25, 0.3) is 0 Å². The molecule has 2 aromatic carbocycles. The fraction of sp³-hybridized carbons (Fsp3) is 0.533. The summed E-state index contributed by atoms with van der Waals surface area (Å²) in [6, 6.07) is 8.54. The lowest BCUT2D eigenvalue weighted by atomic mass is 9.62. The van der Waals surface area contributed by atoms with Crippen LogP contribution < -0.4 is 16.0 Å². The average molecular weight is 593 g/mol. The molecule has 0 aromatic heterocycles. The van der Waals surface area contributed by atoms with E-state index in [1.807, 2.05) is 6.07 Å². The third kappa shape index (κ3) is 5.25. The molecule has 40 heavy (non-hydrogen) atoms. The smallest absolute Gasteiger partial charge is 0.237 e. The number of carbonyl (C=O) groups excluding carboxylic acids is 2. The first-order valence-electron chi connectivity index (χ1n) is 13.8. The van der Waals surface area contributed by atoms with Crippen LogP contribution in [0.4, 0.5) is 10.1 Å². The number of aliphatic hydroxyl groups is 2. The molecule has 1 unspecified atom stereocenters. The summed E-state index contributed by atoms with van der Waals surface area (Å²) in [5.74, 6) is -1.83. The zero-order valence-corrected chi connectivity index (χ0v) is 24.3. The van der Waals surface area contributed by atoms with Crippen LogP contribution in [0.15, 0.2) is 36.4 Å². The van der Waals surface area contributed by atoms with E-state index < -0.39 is 41.4 Å². The van der Waals surface area contributed by atoms with Crippen molar-refractivity contribution < 1.29 is 24.2 Å². The van der Waals surface area contributed by atoms with Crippen LogP contribution in [0.2, 0.25) is 10.0 Å². The summed E-state index contributed by atoms with van der Waals surface area (Å²) in [5.41, 5.74) is 0.0591. The van der Waals surface area contributed by atoms with Crippen molar-refractivity contribution in [3.63, 3.8) is 0 Å². The highest BCUT2D eigenvalue weighted by Crippen LogP contribution is 2.57. The van der Waals surface area contributed by atoms with Crippen molar-refractivity contribution in [3.05, 3.63) is 63.4 Å². The summed E-state index contributed by atoms with van der Waals surface area (Å²) >= 11 is 12.5. The summed E-state index contributed by atoms with van der Waals surface area (Å²) in [6.07, 6.45) is 0.646. The van der Waals surface area contributed by atoms with Crippen molar-refractivity contribution in [2.45, 2.75) is 82.1 Å². The van der Waals surface area contributed by atoms with Gasteiger partial charge >= 0.3 is 0 Å². The van der Waals surface area contributed by atoms with Gasteiger partial charge in [0.15, 0.2) is 0 Å². The number of benzene rings is 2. The number of halogens is 3. The number of nitrogens with one attached hydrogen (secondary N) is 3. The molecule has 1 saturated heterocycles. The lowest BCUT2D eigenvalue weighted by Crippen LogP contribution is -2.49. The maximum atomic E-state index is 15.0. The second-order valence-corrected chi connectivity index (χ2v) is 13.5. The van der Waals surface area contributed by atoms with E-state index in [1.165, 1.54) is 12.1 Å². The number of hydrogen-bond donors (Lipinski definition) is 5. The summed E-state index contributed by atoms with van der Waals surface area (Å²) in [4.78, 5) is 28.0. The molecule has 0 bridgehead atoms. The number of carbonyl (C=O) groups is 2. The van der Waals surface area contributed by atoms with Gasteiger partial charge in [-0.1, -0.05) is 56.1 Å². The number of anilines is 1. The fourth-order valence-corrected chi connectivity index (χ4v) is 7.34. The second kappa shape index (κ2) is 10.9. The van der Waals surface area contributed by atoms with E-state index in [-0.39, 0.29) is 28.2 Å². The van der Waals surface area contributed by atoms with Gasteiger partial charge in [-0.05, 0) is 72.4 Å². The van der Waals surface area contributed by atoms with E-state index >= 15 is 0 Å². The van der Waals surface area contributed by atoms with E-state index in [1.54, 1.807) is 18.2 Å². The van der Waals surface area contributed by atoms with Crippen LogP contribution in [0.5, 0.6) is 0 Å². The highest BCUT2D eigenvalue weighted by molar-refractivity contribution is 6.31. The molecule has 1 saturated carbocycles. The van der Waals surface area contributed by atoms with Crippen LogP contribution >= 0.6 is 23.2 Å². The molecule has 0 radical (unpaired) electrons. The Labute approximate surface area is 243 Å². The van der Waals surface area contributed by atoms with Crippen molar-refractivity contribution in [2.24, 2.45) is 11.3 Å². The van der Waals surface area contributed by atoms with Crippen LogP contribution in [0.1, 0.15) is 63.5 Å². The lowest BCUT2D eigenvalue weighted by molar-refractivity contribution is -0.123. The van der Waals surface area contributed by atoms with Crippen molar-refractivity contribution in [2.75, 3.05) is 11.9 Å². The Morgan fingerprint density at radius 1 is 1.15 bits per heavy atom. The molecule has 5 rings (SSSR count). The summed E-state index contributed by atoms with van der Waals surface area (Å²) in [6.45, 7) is 6.54. The Morgan fingerprint density at radius 2 is 1.85 bits per heavy atom. The Bertz CT molecular complexity index is 1310. The van der Waals surface area contributed by atoms with Gasteiger partial charge in [0, 0.05) is 29.2 Å². The van der Waals surface area contributed by atoms with Crippen molar-refractivity contribution in [1.29, 1.82) is 0 Å². The van der Waals surface area contributed by atoms with Crippen LogP contribution in [-0.4, -0.2) is 52.9 Å². The molecule has 2 amide bonds. The van der Waals surface area contributed by atoms with Gasteiger partial charge < -0.3 is 26.2 Å². The minimum Gasteiger partial charge on any atom is -0.390 e. The molecule has 10 heteroatoms. The molecule has 216 valence electrons. The molecule has 5 N–H and O–H groups in total. The van der Waals surface area contributed by atoms with Gasteiger partial charge in [0.1, 0.15) is 11.2 Å². The Kier molecular flexibility index (Phi) is 7.96. The first-order valence-corrected chi connectivity index (χ1v) is 14.5. The number of hydrogen-bond acceptors (Lipinski definition) is 5. The minimum absolute atomic E-state index is 0.0924. The molecule has 7 atom stereocenters. The van der Waals surface area contributed by atoms with Crippen molar-refractivity contribution in [3.8, 4) is 0 Å². The second-order valence-electron chi connectivity index (χ2n) is 12.7. The molecule has 2 fully saturated rings. The largest absolute Gasteiger partial charge is 0.390 e.